The zero-order valence-corrected chi connectivity index (χ0v) is 11.7. The Morgan fingerprint density at radius 2 is 1.95 bits per heavy atom. The number of nitro groups is 1. The van der Waals surface area contributed by atoms with Crippen molar-refractivity contribution in [2.45, 2.75) is 6.54 Å². The zero-order valence-electron chi connectivity index (χ0n) is 10.1. The van der Waals surface area contributed by atoms with Gasteiger partial charge in [-0.2, -0.15) is 0 Å². The lowest BCUT2D eigenvalue weighted by molar-refractivity contribution is -0.384. The number of nitrogens with zero attached hydrogens (tertiary/aromatic N) is 1. The molecule has 0 saturated carbocycles. The average Bonchev–Trinajstić information content (AvgIpc) is 2.39. The highest BCUT2D eigenvalue weighted by atomic mass is 79.9. The molecule has 0 aliphatic rings. The summed E-state index contributed by atoms with van der Waals surface area (Å²) in [5, 5.41) is 13.6. The zero-order chi connectivity index (χ0) is 14.7. The molecule has 0 aliphatic carbocycles. The van der Waals surface area contributed by atoms with Crippen LogP contribution in [0.2, 0.25) is 0 Å². The molecular weight excluding hydrogens is 334 g/mol. The largest absolute Gasteiger partial charge is 0.380 e. The maximum Gasteiger partial charge on any atom is 0.271 e. The van der Waals surface area contributed by atoms with E-state index in [2.05, 4.69) is 21.2 Å². The Labute approximate surface area is 121 Å². The molecule has 2 aromatic rings. The highest BCUT2D eigenvalue weighted by molar-refractivity contribution is 9.10. The molecule has 1 N–H and O–H groups in total. The van der Waals surface area contributed by atoms with Gasteiger partial charge in [0, 0.05) is 34.8 Å². The summed E-state index contributed by atoms with van der Waals surface area (Å²) in [5.74, 6) is -1.32. The maximum atomic E-state index is 13.5. The lowest BCUT2D eigenvalue weighted by Crippen LogP contribution is -2.03. The molecule has 0 atom stereocenters. The molecule has 0 saturated heterocycles. The third-order valence-electron chi connectivity index (χ3n) is 2.65. The van der Waals surface area contributed by atoms with Gasteiger partial charge in [-0.15, -0.1) is 0 Å². The van der Waals surface area contributed by atoms with Gasteiger partial charge >= 0.3 is 0 Å². The normalized spacial score (nSPS) is 10.3. The molecule has 2 rings (SSSR count). The highest BCUT2D eigenvalue weighted by Gasteiger charge is 2.10. The molecule has 0 bridgehead atoms. The first-order valence-corrected chi connectivity index (χ1v) is 6.38. The van der Waals surface area contributed by atoms with Crippen LogP contribution in [-0.4, -0.2) is 4.92 Å². The topological polar surface area (TPSA) is 55.2 Å². The molecule has 7 heteroatoms. The Morgan fingerprint density at radius 3 is 2.60 bits per heavy atom. The Kier molecular flexibility index (Phi) is 4.29. The van der Waals surface area contributed by atoms with Gasteiger partial charge in [-0.25, -0.2) is 8.78 Å². The van der Waals surface area contributed by atoms with Crippen molar-refractivity contribution in [3.05, 3.63) is 68.2 Å². The van der Waals surface area contributed by atoms with Crippen LogP contribution in [-0.2, 0) is 6.54 Å². The van der Waals surface area contributed by atoms with E-state index in [0.717, 1.165) is 12.1 Å². The molecule has 0 aliphatic heterocycles. The summed E-state index contributed by atoms with van der Waals surface area (Å²) in [6.45, 7) is 0.0892. The van der Waals surface area contributed by atoms with E-state index < -0.39 is 16.6 Å². The second-order valence-electron chi connectivity index (χ2n) is 4.01. The Hall–Kier alpha value is -2.02. The number of nitro benzene ring substituents is 1. The van der Waals surface area contributed by atoms with Crippen LogP contribution in [0.15, 0.2) is 40.9 Å². The molecule has 0 radical (unpaired) electrons. The van der Waals surface area contributed by atoms with E-state index in [1.165, 1.54) is 24.3 Å². The lowest BCUT2D eigenvalue weighted by Gasteiger charge is -2.09. The predicted octanol–water partition coefficient (Wildman–Crippen LogP) is 4.25. The third kappa shape index (κ3) is 3.30. The van der Waals surface area contributed by atoms with E-state index in [1.54, 1.807) is 0 Å². The van der Waals surface area contributed by atoms with Crippen molar-refractivity contribution >= 4 is 27.3 Å². The van der Waals surface area contributed by atoms with Crippen LogP contribution in [0.1, 0.15) is 5.56 Å². The van der Waals surface area contributed by atoms with Crippen molar-refractivity contribution < 1.29 is 13.7 Å². The minimum Gasteiger partial charge on any atom is -0.380 e. The molecule has 0 fully saturated rings. The van der Waals surface area contributed by atoms with E-state index in [9.17, 15) is 18.9 Å². The summed E-state index contributed by atoms with van der Waals surface area (Å²) < 4.78 is 26.9. The second kappa shape index (κ2) is 5.96. The van der Waals surface area contributed by atoms with Crippen molar-refractivity contribution in [1.29, 1.82) is 0 Å². The first-order valence-electron chi connectivity index (χ1n) is 5.59. The fraction of sp³-hybridized carbons (Fsp3) is 0.0769. The molecule has 104 valence electrons. The monoisotopic (exact) mass is 342 g/mol. The summed E-state index contributed by atoms with van der Waals surface area (Å²) in [7, 11) is 0. The molecule has 0 aromatic heterocycles. The molecule has 0 amide bonds. The van der Waals surface area contributed by atoms with Crippen LogP contribution in [0.25, 0.3) is 0 Å². The van der Waals surface area contributed by atoms with E-state index in [4.69, 9.17) is 0 Å². The van der Waals surface area contributed by atoms with Crippen molar-refractivity contribution in [3.63, 3.8) is 0 Å². The quantitative estimate of drug-likeness (QED) is 0.667. The minimum absolute atomic E-state index is 0.0738. The first-order chi connectivity index (χ1) is 9.47. The number of rotatable bonds is 4. The van der Waals surface area contributed by atoms with Crippen molar-refractivity contribution in [2.24, 2.45) is 0 Å². The molecular formula is C13H9BrF2N2O2. The second-order valence-corrected chi connectivity index (χ2v) is 4.86. The van der Waals surface area contributed by atoms with E-state index in [1.807, 2.05) is 0 Å². The smallest absolute Gasteiger partial charge is 0.271 e. The molecule has 0 spiro atoms. The number of benzene rings is 2. The van der Waals surface area contributed by atoms with Crippen LogP contribution in [0.4, 0.5) is 20.2 Å². The highest BCUT2D eigenvalue weighted by Crippen LogP contribution is 2.27. The number of anilines is 1. The summed E-state index contributed by atoms with van der Waals surface area (Å²) >= 11 is 3.24. The van der Waals surface area contributed by atoms with E-state index in [0.29, 0.717) is 10.2 Å². The van der Waals surface area contributed by atoms with Gasteiger partial charge in [0.2, 0.25) is 0 Å². The van der Waals surface area contributed by atoms with Crippen LogP contribution < -0.4 is 5.32 Å². The average molecular weight is 343 g/mol. The van der Waals surface area contributed by atoms with Crippen LogP contribution in [0, 0.1) is 21.7 Å². The Morgan fingerprint density at radius 1 is 1.20 bits per heavy atom. The van der Waals surface area contributed by atoms with Gasteiger partial charge in [-0.3, -0.25) is 10.1 Å². The maximum absolute atomic E-state index is 13.5. The molecule has 2 aromatic carbocycles. The Bertz CT molecular complexity index is 665. The van der Waals surface area contributed by atoms with Gasteiger partial charge in [0.1, 0.15) is 11.6 Å². The van der Waals surface area contributed by atoms with Gasteiger partial charge in [0.15, 0.2) is 0 Å². The molecule has 0 unspecified atom stereocenters. The Balaban J connectivity index is 2.18. The third-order valence-corrected chi connectivity index (χ3v) is 3.34. The first kappa shape index (κ1) is 14.4. The number of hydrogen-bond donors (Lipinski definition) is 1. The van der Waals surface area contributed by atoms with Crippen molar-refractivity contribution in [2.75, 3.05) is 5.32 Å². The SMILES string of the molecule is O=[N+]([O-])c1ccc(Br)c(NCc2ccc(F)cc2F)c1. The molecule has 20 heavy (non-hydrogen) atoms. The van der Waals surface area contributed by atoms with Crippen molar-refractivity contribution in [1.82, 2.24) is 0 Å². The van der Waals surface area contributed by atoms with E-state index >= 15 is 0 Å². The molecule has 0 heterocycles. The summed E-state index contributed by atoms with van der Waals surface area (Å²) in [4.78, 5) is 10.2. The number of non-ortho nitro benzene ring substituents is 1. The van der Waals surface area contributed by atoms with Crippen molar-refractivity contribution in [3.8, 4) is 0 Å². The van der Waals surface area contributed by atoms with Gasteiger partial charge in [-0.1, -0.05) is 6.07 Å². The standard InChI is InChI=1S/C13H9BrF2N2O2/c14-11-4-3-10(18(19)20)6-13(11)17-7-8-1-2-9(15)5-12(8)16/h1-6,17H,7H2. The number of nitrogens with one attached hydrogen (secondary N) is 1. The number of halogens is 3. The minimum atomic E-state index is -0.668. The van der Waals surface area contributed by atoms with Gasteiger partial charge in [-0.05, 0) is 28.1 Å². The van der Waals surface area contributed by atoms with Crippen LogP contribution in [0.3, 0.4) is 0 Å². The van der Waals surface area contributed by atoms with Gasteiger partial charge in [0.05, 0.1) is 10.6 Å². The van der Waals surface area contributed by atoms with Crippen LogP contribution >= 0.6 is 15.9 Å². The fourth-order valence-corrected chi connectivity index (χ4v) is 2.00. The van der Waals surface area contributed by atoms with Crippen LogP contribution in [0.5, 0.6) is 0 Å². The summed E-state index contributed by atoms with van der Waals surface area (Å²) in [5.41, 5.74) is 0.656. The number of hydrogen-bond acceptors (Lipinski definition) is 3. The fourth-order valence-electron chi connectivity index (χ4n) is 1.62. The lowest BCUT2D eigenvalue weighted by atomic mass is 10.2. The predicted molar refractivity (Wildman–Crippen MR) is 74.5 cm³/mol. The summed E-state index contributed by atoms with van der Waals surface area (Å²) in [6.07, 6.45) is 0. The molecule has 4 nitrogen and oxygen atoms in total. The van der Waals surface area contributed by atoms with Gasteiger partial charge < -0.3 is 5.32 Å². The van der Waals surface area contributed by atoms with Gasteiger partial charge in [0.25, 0.3) is 5.69 Å². The summed E-state index contributed by atoms with van der Waals surface area (Å²) in [6, 6.07) is 7.49. The van der Waals surface area contributed by atoms with E-state index in [-0.39, 0.29) is 17.8 Å².